The predicted molar refractivity (Wildman–Crippen MR) is 100 cm³/mol. The second kappa shape index (κ2) is 8.31. The van der Waals surface area contributed by atoms with Crippen LogP contribution in [0.5, 0.6) is 0 Å². The molecule has 2 heterocycles. The van der Waals surface area contributed by atoms with Crippen LogP contribution in [0.3, 0.4) is 0 Å². The molecule has 0 spiro atoms. The molecule has 1 aromatic heterocycles. The van der Waals surface area contributed by atoms with Crippen LogP contribution in [0.25, 0.3) is 0 Å². The lowest BCUT2D eigenvalue weighted by molar-refractivity contribution is 0.227. The van der Waals surface area contributed by atoms with Crippen molar-refractivity contribution in [2.75, 3.05) is 6.54 Å². The number of hydrogen-bond donors (Lipinski definition) is 1. The van der Waals surface area contributed by atoms with Gasteiger partial charge in [-0.05, 0) is 25.3 Å². The van der Waals surface area contributed by atoms with Gasteiger partial charge in [0.1, 0.15) is 4.90 Å². The summed E-state index contributed by atoms with van der Waals surface area (Å²) in [4.78, 5) is 0.242. The second-order valence-corrected chi connectivity index (χ2v) is 8.29. The third kappa shape index (κ3) is 4.41. The Bertz CT molecular complexity index is 777. The Morgan fingerprint density at radius 1 is 1.28 bits per heavy atom. The second-order valence-electron chi connectivity index (χ2n) is 6.40. The van der Waals surface area contributed by atoms with Crippen molar-refractivity contribution >= 4 is 22.4 Å². The standard InChI is InChI=1S/C17H24N4O2S.ClH/c1-14(18)17-9-5-6-10-21(17)24(22,23)16-11-19-20(13-16)12-15-7-3-2-4-8-15;/h2-4,7-8,11,13-14,17H,5-6,9-10,12,18H2,1H3;1H. The first-order valence-electron chi connectivity index (χ1n) is 8.32. The molecular weight excluding hydrogens is 360 g/mol. The van der Waals surface area contributed by atoms with Gasteiger partial charge in [0.05, 0.1) is 12.7 Å². The third-order valence-electron chi connectivity index (χ3n) is 4.51. The van der Waals surface area contributed by atoms with Gasteiger partial charge in [0, 0.05) is 24.8 Å². The van der Waals surface area contributed by atoms with Crippen molar-refractivity contribution in [3.8, 4) is 0 Å². The van der Waals surface area contributed by atoms with Crippen molar-refractivity contribution in [3.63, 3.8) is 0 Å². The number of halogens is 1. The summed E-state index contributed by atoms with van der Waals surface area (Å²) in [7, 11) is -3.56. The van der Waals surface area contributed by atoms with Crippen LogP contribution in [0.15, 0.2) is 47.6 Å². The van der Waals surface area contributed by atoms with E-state index < -0.39 is 10.0 Å². The maximum absolute atomic E-state index is 13.0. The van der Waals surface area contributed by atoms with E-state index in [0.29, 0.717) is 13.1 Å². The van der Waals surface area contributed by atoms with Crippen molar-refractivity contribution in [1.29, 1.82) is 0 Å². The lowest BCUT2D eigenvalue weighted by Crippen LogP contribution is -2.51. The van der Waals surface area contributed by atoms with Crippen molar-refractivity contribution in [2.45, 2.75) is 49.7 Å². The minimum atomic E-state index is -3.56. The van der Waals surface area contributed by atoms with Gasteiger partial charge in [-0.3, -0.25) is 4.68 Å². The monoisotopic (exact) mass is 384 g/mol. The minimum absolute atomic E-state index is 0. The number of hydrogen-bond acceptors (Lipinski definition) is 4. The van der Waals surface area contributed by atoms with E-state index >= 15 is 0 Å². The highest BCUT2D eigenvalue weighted by Crippen LogP contribution is 2.26. The number of piperidine rings is 1. The Kier molecular flexibility index (Phi) is 6.62. The molecule has 0 bridgehead atoms. The Morgan fingerprint density at radius 3 is 2.68 bits per heavy atom. The first-order valence-corrected chi connectivity index (χ1v) is 9.76. The van der Waals surface area contributed by atoms with Gasteiger partial charge in [0.2, 0.25) is 10.0 Å². The number of rotatable bonds is 5. The fourth-order valence-electron chi connectivity index (χ4n) is 3.22. The zero-order valence-electron chi connectivity index (χ0n) is 14.3. The van der Waals surface area contributed by atoms with Crippen LogP contribution in [-0.4, -0.2) is 41.1 Å². The molecule has 1 aliphatic rings. The van der Waals surface area contributed by atoms with E-state index in [9.17, 15) is 8.42 Å². The summed E-state index contributed by atoms with van der Waals surface area (Å²) in [5.74, 6) is 0. The molecule has 1 aliphatic heterocycles. The van der Waals surface area contributed by atoms with Gasteiger partial charge in [-0.2, -0.15) is 9.40 Å². The third-order valence-corrected chi connectivity index (χ3v) is 6.39. The summed E-state index contributed by atoms with van der Waals surface area (Å²) in [5, 5.41) is 4.22. The van der Waals surface area contributed by atoms with Gasteiger partial charge < -0.3 is 5.73 Å². The topological polar surface area (TPSA) is 81.2 Å². The fraction of sp³-hybridized carbons (Fsp3) is 0.471. The Morgan fingerprint density at radius 2 is 2.00 bits per heavy atom. The SMILES string of the molecule is CC(N)C1CCCCN1S(=O)(=O)c1cnn(Cc2ccccc2)c1.Cl. The molecule has 0 saturated carbocycles. The Balaban J connectivity index is 0.00000225. The summed E-state index contributed by atoms with van der Waals surface area (Å²) in [6.45, 7) is 2.95. The van der Waals surface area contributed by atoms with E-state index in [1.807, 2.05) is 37.3 Å². The van der Waals surface area contributed by atoms with Crippen molar-refractivity contribution in [2.24, 2.45) is 5.73 Å². The van der Waals surface area contributed by atoms with E-state index in [-0.39, 0.29) is 29.4 Å². The molecule has 6 nitrogen and oxygen atoms in total. The lowest BCUT2D eigenvalue weighted by atomic mass is 10.00. The van der Waals surface area contributed by atoms with Gasteiger partial charge in [-0.15, -0.1) is 12.4 Å². The average Bonchev–Trinajstić information content (AvgIpc) is 3.05. The van der Waals surface area contributed by atoms with Crippen LogP contribution in [0.4, 0.5) is 0 Å². The first-order chi connectivity index (χ1) is 11.5. The molecule has 1 aromatic carbocycles. The van der Waals surface area contributed by atoms with Crippen LogP contribution in [0, 0.1) is 0 Å². The van der Waals surface area contributed by atoms with Crippen molar-refractivity contribution in [1.82, 2.24) is 14.1 Å². The van der Waals surface area contributed by atoms with E-state index in [4.69, 9.17) is 5.73 Å². The molecule has 2 aromatic rings. The van der Waals surface area contributed by atoms with Gasteiger partial charge in [-0.1, -0.05) is 36.8 Å². The van der Waals surface area contributed by atoms with Crippen LogP contribution >= 0.6 is 12.4 Å². The Labute approximate surface area is 155 Å². The number of benzene rings is 1. The van der Waals surface area contributed by atoms with E-state index in [0.717, 1.165) is 24.8 Å². The van der Waals surface area contributed by atoms with Gasteiger partial charge in [0.15, 0.2) is 0 Å². The molecule has 0 aliphatic carbocycles. The van der Waals surface area contributed by atoms with Gasteiger partial charge in [0.25, 0.3) is 0 Å². The fourth-order valence-corrected chi connectivity index (χ4v) is 4.95. The molecule has 2 N–H and O–H groups in total. The first kappa shape index (κ1) is 19.9. The normalized spacial score (nSPS) is 20.0. The molecule has 0 amide bonds. The van der Waals surface area contributed by atoms with E-state index in [1.54, 1.807) is 15.2 Å². The number of nitrogens with two attached hydrogens (primary N) is 1. The van der Waals surface area contributed by atoms with Crippen LogP contribution in [0.1, 0.15) is 31.7 Å². The molecule has 2 unspecified atom stereocenters. The smallest absolute Gasteiger partial charge is 0.246 e. The van der Waals surface area contributed by atoms with E-state index in [2.05, 4.69) is 5.10 Å². The molecule has 3 rings (SSSR count). The zero-order valence-corrected chi connectivity index (χ0v) is 15.9. The van der Waals surface area contributed by atoms with Gasteiger partial charge in [-0.25, -0.2) is 8.42 Å². The van der Waals surface area contributed by atoms with Crippen LogP contribution in [0.2, 0.25) is 0 Å². The summed E-state index contributed by atoms with van der Waals surface area (Å²) < 4.78 is 29.2. The minimum Gasteiger partial charge on any atom is -0.326 e. The van der Waals surface area contributed by atoms with Gasteiger partial charge >= 0.3 is 0 Å². The van der Waals surface area contributed by atoms with Crippen molar-refractivity contribution < 1.29 is 8.42 Å². The Hall–Kier alpha value is -1.41. The maximum atomic E-state index is 13.0. The summed E-state index contributed by atoms with van der Waals surface area (Å²) in [6.07, 6.45) is 5.75. The number of aromatic nitrogens is 2. The summed E-state index contributed by atoms with van der Waals surface area (Å²) in [5.41, 5.74) is 7.09. The predicted octanol–water partition coefficient (Wildman–Crippen LogP) is 2.24. The molecule has 25 heavy (non-hydrogen) atoms. The highest BCUT2D eigenvalue weighted by atomic mass is 35.5. The quantitative estimate of drug-likeness (QED) is 0.857. The summed E-state index contributed by atoms with van der Waals surface area (Å²) >= 11 is 0. The molecule has 0 radical (unpaired) electrons. The number of sulfonamides is 1. The van der Waals surface area contributed by atoms with Crippen LogP contribution < -0.4 is 5.73 Å². The molecule has 138 valence electrons. The average molecular weight is 385 g/mol. The number of nitrogens with zero attached hydrogens (tertiary/aromatic N) is 3. The highest BCUT2D eigenvalue weighted by Gasteiger charge is 2.35. The zero-order chi connectivity index (χ0) is 17.2. The lowest BCUT2D eigenvalue weighted by Gasteiger charge is -2.36. The summed E-state index contributed by atoms with van der Waals surface area (Å²) in [6, 6.07) is 9.53. The van der Waals surface area contributed by atoms with Crippen molar-refractivity contribution in [3.05, 3.63) is 48.3 Å². The maximum Gasteiger partial charge on any atom is 0.246 e. The molecule has 1 saturated heterocycles. The molecular formula is C17H25ClN4O2S. The van der Waals surface area contributed by atoms with E-state index in [1.165, 1.54) is 6.20 Å². The van der Waals surface area contributed by atoms with Crippen LogP contribution in [-0.2, 0) is 16.6 Å². The molecule has 1 fully saturated rings. The molecule has 8 heteroatoms. The largest absolute Gasteiger partial charge is 0.326 e. The molecule has 2 atom stereocenters. The highest BCUT2D eigenvalue weighted by molar-refractivity contribution is 7.89.